The number of carbonyl (C=O) groups is 2. The van der Waals surface area contributed by atoms with E-state index in [0.29, 0.717) is 11.5 Å². The van der Waals surface area contributed by atoms with Gasteiger partial charge < -0.3 is 13.9 Å². The van der Waals surface area contributed by atoms with E-state index in [9.17, 15) is 14.0 Å². The van der Waals surface area contributed by atoms with Gasteiger partial charge in [-0.25, -0.2) is 9.18 Å². The first-order valence-corrected chi connectivity index (χ1v) is 6.53. The molecule has 0 aliphatic rings. The number of furan rings is 1. The molecular weight excluding hydrogens is 291 g/mol. The van der Waals surface area contributed by atoms with Gasteiger partial charge in [-0.3, -0.25) is 4.79 Å². The monoisotopic (exact) mass is 306 g/mol. The molecule has 0 fully saturated rings. The molecule has 0 atom stereocenters. The Hall–Kier alpha value is -2.63. The highest BCUT2D eigenvalue weighted by molar-refractivity contribution is 5.99. The number of aryl methyl sites for hydroxylation is 2. The molecule has 6 heteroatoms. The normalized spacial score (nSPS) is 10.4. The average molecular weight is 306 g/mol. The Labute approximate surface area is 126 Å². The lowest BCUT2D eigenvalue weighted by atomic mass is 10.1. The summed E-state index contributed by atoms with van der Waals surface area (Å²) in [5, 5.41) is 0. The number of halogens is 1. The van der Waals surface area contributed by atoms with Crippen molar-refractivity contribution >= 4 is 11.8 Å². The zero-order valence-electron chi connectivity index (χ0n) is 12.4. The maximum atomic E-state index is 13.5. The minimum absolute atomic E-state index is 0.0399. The second-order valence-corrected chi connectivity index (χ2v) is 4.68. The maximum absolute atomic E-state index is 13.5. The van der Waals surface area contributed by atoms with Crippen molar-refractivity contribution in [2.24, 2.45) is 0 Å². The van der Waals surface area contributed by atoms with Gasteiger partial charge in [0.25, 0.3) is 0 Å². The average Bonchev–Trinajstić information content (AvgIpc) is 2.83. The van der Waals surface area contributed by atoms with E-state index in [1.54, 1.807) is 13.8 Å². The highest BCUT2D eigenvalue weighted by atomic mass is 19.1. The van der Waals surface area contributed by atoms with E-state index in [0.717, 1.165) is 6.07 Å². The largest absolute Gasteiger partial charge is 0.494 e. The Morgan fingerprint density at radius 2 is 1.95 bits per heavy atom. The minimum atomic E-state index is -0.656. The number of carbonyl (C=O) groups excluding carboxylic acids is 2. The minimum Gasteiger partial charge on any atom is -0.494 e. The van der Waals surface area contributed by atoms with Crippen molar-refractivity contribution in [3.05, 3.63) is 52.7 Å². The predicted molar refractivity (Wildman–Crippen MR) is 75.7 cm³/mol. The lowest BCUT2D eigenvalue weighted by Crippen LogP contribution is -2.14. The van der Waals surface area contributed by atoms with Crippen LogP contribution in [0.4, 0.5) is 4.39 Å². The molecule has 0 saturated carbocycles. The molecule has 0 spiro atoms. The number of hydrogen-bond acceptors (Lipinski definition) is 5. The van der Waals surface area contributed by atoms with Crippen LogP contribution >= 0.6 is 0 Å². The van der Waals surface area contributed by atoms with Crippen LogP contribution in [0.2, 0.25) is 0 Å². The van der Waals surface area contributed by atoms with Gasteiger partial charge in [-0.05, 0) is 38.1 Å². The highest BCUT2D eigenvalue weighted by Crippen LogP contribution is 2.18. The van der Waals surface area contributed by atoms with Crippen LogP contribution in [0.3, 0.4) is 0 Å². The summed E-state index contributed by atoms with van der Waals surface area (Å²) < 4.78 is 28.5. The van der Waals surface area contributed by atoms with Gasteiger partial charge in [0.2, 0.25) is 0 Å². The van der Waals surface area contributed by atoms with Crippen molar-refractivity contribution in [1.29, 1.82) is 0 Å². The smallest absolute Gasteiger partial charge is 0.342 e. The molecule has 0 bridgehead atoms. The van der Waals surface area contributed by atoms with Gasteiger partial charge in [0.15, 0.2) is 24.0 Å². The van der Waals surface area contributed by atoms with E-state index in [1.807, 2.05) is 0 Å². The number of rotatable bonds is 5. The zero-order chi connectivity index (χ0) is 16.3. The molecular formula is C16H15FO5. The summed E-state index contributed by atoms with van der Waals surface area (Å²) in [6.45, 7) is 2.85. The van der Waals surface area contributed by atoms with Crippen molar-refractivity contribution in [2.75, 3.05) is 13.7 Å². The Kier molecular flexibility index (Phi) is 4.60. The topological polar surface area (TPSA) is 65.7 Å². The number of hydrogen-bond donors (Lipinski definition) is 0. The van der Waals surface area contributed by atoms with Crippen LogP contribution < -0.4 is 4.74 Å². The highest BCUT2D eigenvalue weighted by Gasteiger charge is 2.17. The lowest BCUT2D eigenvalue weighted by molar-refractivity contribution is 0.0473. The molecule has 116 valence electrons. The van der Waals surface area contributed by atoms with E-state index in [2.05, 4.69) is 0 Å². The van der Waals surface area contributed by atoms with Crippen LogP contribution in [0.1, 0.15) is 32.2 Å². The van der Waals surface area contributed by atoms with Crippen LogP contribution in [0, 0.1) is 19.7 Å². The SMILES string of the molecule is COc1ccc(C(=O)COC(=O)c2cc(C)oc2C)cc1F. The molecule has 0 saturated heterocycles. The van der Waals surface area contributed by atoms with Gasteiger partial charge in [0, 0.05) is 5.56 Å². The third-order valence-electron chi connectivity index (χ3n) is 3.07. The van der Waals surface area contributed by atoms with Gasteiger partial charge in [-0.15, -0.1) is 0 Å². The van der Waals surface area contributed by atoms with Gasteiger partial charge in [-0.1, -0.05) is 0 Å². The molecule has 5 nitrogen and oxygen atoms in total. The van der Waals surface area contributed by atoms with Crippen LogP contribution in [-0.4, -0.2) is 25.5 Å². The molecule has 22 heavy (non-hydrogen) atoms. The standard InChI is InChI=1S/C16H15FO5/c1-9-6-12(10(2)22-9)16(19)21-8-14(18)11-4-5-15(20-3)13(17)7-11/h4-7H,8H2,1-3H3. The molecule has 1 heterocycles. The Morgan fingerprint density at radius 1 is 1.23 bits per heavy atom. The fraction of sp³-hybridized carbons (Fsp3) is 0.250. The van der Waals surface area contributed by atoms with Crippen molar-refractivity contribution < 1.29 is 27.9 Å². The van der Waals surface area contributed by atoms with E-state index >= 15 is 0 Å². The number of benzene rings is 1. The first kappa shape index (κ1) is 15.8. The molecule has 2 aromatic rings. The summed E-state index contributed by atoms with van der Waals surface area (Å²) >= 11 is 0. The third kappa shape index (κ3) is 3.33. The Balaban J connectivity index is 2.02. The number of ketones is 1. The summed E-state index contributed by atoms with van der Waals surface area (Å²) in [4.78, 5) is 23.8. The number of Topliss-reactive ketones (excluding diaryl/α,β-unsaturated/α-hetero) is 1. The molecule has 1 aromatic carbocycles. The van der Waals surface area contributed by atoms with Gasteiger partial charge in [0.1, 0.15) is 17.1 Å². The molecule has 0 unspecified atom stereocenters. The molecule has 0 aliphatic carbocycles. The Morgan fingerprint density at radius 3 is 2.50 bits per heavy atom. The number of esters is 1. The molecule has 2 rings (SSSR count). The fourth-order valence-corrected chi connectivity index (χ4v) is 1.97. The van der Waals surface area contributed by atoms with Crippen molar-refractivity contribution in [3.63, 3.8) is 0 Å². The van der Waals surface area contributed by atoms with Crippen molar-refractivity contribution in [1.82, 2.24) is 0 Å². The molecule has 0 aliphatic heterocycles. The molecule has 0 radical (unpaired) electrons. The van der Waals surface area contributed by atoms with Crippen LogP contribution in [0.25, 0.3) is 0 Å². The zero-order valence-corrected chi connectivity index (χ0v) is 12.4. The quantitative estimate of drug-likeness (QED) is 0.627. The summed E-state index contributed by atoms with van der Waals surface area (Å²) in [5.74, 6) is -0.776. The summed E-state index contributed by atoms with van der Waals surface area (Å²) in [6, 6.07) is 5.33. The summed E-state index contributed by atoms with van der Waals surface area (Å²) in [6.07, 6.45) is 0. The predicted octanol–water partition coefficient (Wildman–Crippen LogP) is 3.08. The van der Waals surface area contributed by atoms with Crippen molar-refractivity contribution in [3.8, 4) is 5.75 Å². The number of ether oxygens (including phenoxy) is 2. The van der Waals surface area contributed by atoms with E-state index in [4.69, 9.17) is 13.9 Å². The second kappa shape index (κ2) is 6.43. The van der Waals surface area contributed by atoms with Crippen LogP contribution in [-0.2, 0) is 4.74 Å². The lowest BCUT2D eigenvalue weighted by Gasteiger charge is -2.06. The third-order valence-corrected chi connectivity index (χ3v) is 3.07. The van der Waals surface area contributed by atoms with E-state index < -0.39 is 24.2 Å². The molecule has 0 amide bonds. The second-order valence-electron chi connectivity index (χ2n) is 4.68. The van der Waals surface area contributed by atoms with E-state index in [1.165, 1.54) is 25.3 Å². The van der Waals surface area contributed by atoms with Gasteiger partial charge in [0.05, 0.1) is 7.11 Å². The van der Waals surface area contributed by atoms with E-state index in [-0.39, 0.29) is 16.9 Å². The van der Waals surface area contributed by atoms with Gasteiger partial charge in [-0.2, -0.15) is 0 Å². The Bertz CT molecular complexity index is 717. The van der Waals surface area contributed by atoms with Crippen LogP contribution in [0.15, 0.2) is 28.7 Å². The molecule has 1 aromatic heterocycles. The maximum Gasteiger partial charge on any atom is 0.342 e. The van der Waals surface area contributed by atoms with Crippen LogP contribution in [0.5, 0.6) is 5.75 Å². The molecule has 0 N–H and O–H groups in total. The first-order chi connectivity index (χ1) is 10.4. The fourth-order valence-electron chi connectivity index (χ4n) is 1.97. The summed E-state index contributed by atoms with van der Waals surface area (Å²) in [5.41, 5.74) is 0.373. The summed E-state index contributed by atoms with van der Waals surface area (Å²) in [7, 11) is 1.33. The van der Waals surface area contributed by atoms with Crippen molar-refractivity contribution in [2.45, 2.75) is 13.8 Å². The first-order valence-electron chi connectivity index (χ1n) is 6.53. The number of methoxy groups -OCH3 is 1. The van der Waals surface area contributed by atoms with Gasteiger partial charge >= 0.3 is 5.97 Å².